The zero-order valence-electron chi connectivity index (χ0n) is 7.22. The molecule has 1 rings (SSSR count). The van der Waals surface area contributed by atoms with Crippen molar-refractivity contribution in [2.24, 2.45) is 0 Å². The third-order valence-electron chi connectivity index (χ3n) is 1.74. The maximum Gasteiger partial charge on any atom is 0.192 e. The van der Waals surface area contributed by atoms with Crippen LogP contribution in [0.15, 0.2) is 24.3 Å². The van der Waals surface area contributed by atoms with Crippen LogP contribution in [0.3, 0.4) is 0 Å². The molecule has 0 N–H and O–H groups in total. The number of hydrogen-bond donors (Lipinski definition) is 0. The lowest BCUT2D eigenvalue weighted by Gasteiger charge is -2.04. The minimum Gasteiger partial charge on any atom is -0.417 e. The van der Waals surface area contributed by atoms with Crippen molar-refractivity contribution in [2.45, 2.75) is 6.92 Å². The Morgan fingerprint density at radius 2 is 2.17 bits per heavy atom. The van der Waals surface area contributed by atoms with Gasteiger partial charge in [0.15, 0.2) is 9.76 Å². The zero-order valence-corrected chi connectivity index (χ0v) is 9.39. The molecule has 1 aromatic rings. The summed E-state index contributed by atoms with van der Waals surface area (Å²) in [5.41, 5.74) is 1.33. The Labute approximate surface area is 80.6 Å². The molecule has 3 heteroatoms. The van der Waals surface area contributed by atoms with E-state index in [1.165, 1.54) is 10.8 Å². The van der Waals surface area contributed by atoms with Gasteiger partial charge in [0, 0.05) is 12.5 Å². The normalized spacial score (nSPS) is 11.2. The molecule has 0 bridgehead atoms. The van der Waals surface area contributed by atoms with Crippen molar-refractivity contribution in [3.63, 3.8) is 0 Å². The number of hydrogen-bond acceptors (Lipinski definition) is 1. The van der Waals surface area contributed by atoms with Crippen LogP contribution in [0.2, 0.25) is 0 Å². The maximum absolute atomic E-state index is 5.50. The number of halogens is 1. The van der Waals surface area contributed by atoms with Crippen molar-refractivity contribution in [3.8, 4) is 0 Å². The monoisotopic (exact) mass is 200 g/mol. The summed E-state index contributed by atoms with van der Waals surface area (Å²) in [4.78, 5) is 0. The molecule has 0 spiro atoms. The molecule has 0 amide bonds. The molecule has 12 heavy (non-hydrogen) atoms. The molecule has 0 unspecified atom stereocenters. The Balaban J connectivity index is 2.46. The topological polar surface area (TPSA) is 9.23 Å². The Morgan fingerprint density at radius 1 is 1.42 bits per heavy atom. The third-order valence-corrected chi connectivity index (χ3v) is 3.49. The van der Waals surface area contributed by atoms with E-state index >= 15 is 0 Å². The van der Waals surface area contributed by atoms with E-state index < -0.39 is 9.76 Å². The lowest BCUT2D eigenvalue weighted by molar-refractivity contribution is 0.370. The van der Waals surface area contributed by atoms with E-state index in [0.717, 1.165) is 0 Å². The van der Waals surface area contributed by atoms with E-state index in [1.54, 1.807) is 0 Å². The van der Waals surface area contributed by atoms with Gasteiger partial charge in [-0.05, 0) is 12.1 Å². The molecule has 0 saturated heterocycles. The molecule has 0 aromatic heterocycles. The summed E-state index contributed by atoms with van der Waals surface area (Å²) in [6, 6.07) is 8.36. The Hall–Kier alpha value is -0.313. The van der Waals surface area contributed by atoms with Gasteiger partial charge in [-0.15, -0.1) is 11.6 Å². The van der Waals surface area contributed by atoms with Gasteiger partial charge in [0.2, 0.25) is 0 Å². The van der Waals surface area contributed by atoms with Crippen LogP contribution in [0.25, 0.3) is 0 Å². The molecule has 0 atom stereocenters. The molecule has 0 aliphatic rings. The standard InChI is InChI=1S/C9H13ClOSi/c1-8-4-2-3-5-9(8)12-11-7-6-10/h2-5H,6-7,12H2,1H3. The van der Waals surface area contributed by atoms with Crippen LogP contribution in [0.5, 0.6) is 0 Å². The Kier molecular flexibility index (Phi) is 4.36. The van der Waals surface area contributed by atoms with Gasteiger partial charge in [-0.3, -0.25) is 0 Å². The smallest absolute Gasteiger partial charge is 0.192 e. The van der Waals surface area contributed by atoms with Crippen LogP contribution in [-0.4, -0.2) is 22.3 Å². The van der Waals surface area contributed by atoms with E-state index in [0.29, 0.717) is 12.5 Å². The highest BCUT2D eigenvalue weighted by Crippen LogP contribution is 1.92. The largest absolute Gasteiger partial charge is 0.417 e. The Morgan fingerprint density at radius 3 is 2.83 bits per heavy atom. The third kappa shape index (κ3) is 2.97. The molecule has 0 aliphatic heterocycles. The minimum atomic E-state index is -0.536. The van der Waals surface area contributed by atoms with Gasteiger partial charge in [-0.25, -0.2) is 0 Å². The molecular weight excluding hydrogens is 188 g/mol. The van der Waals surface area contributed by atoms with Gasteiger partial charge >= 0.3 is 0 Å². The number of rotatable bonds is 4. The predicted molar refractivity (Wildman–Crippen MR) is 56.0 cm³/mol. The van der Waals surface area contributed by atoms with Crippen LogP contribution in [0.4, 0.5) is 0 Å². The van der Waals surface area contributed by atoms with Crippen LogP contribution < -0.4 is 5.19 Å². The summed E-state index contributed by atoms with van der Waals surface area (Å²) >= 11 is 5.50. The van der Waals surface area contributed by atoms with E-state index in [-0.39, 0.29) is 0 Å². The first-order valence-corrected chi connectivity index (χ1v) is 5.84. The van der Waals surface area contributed by atoms with Gasteiger partial charge in [0.05, 0.1) is 0 Å². The van der Waals surface area contributed by atoms with E-state index in [2.05, 4.69) is 31.2 Å². The van der Waals surface area contributed by atoms with Crippen molar-refractivity contribution in [2.75, 3.05) is 12.5 Å². The fourth-order valence-corrected chi connectivity index (χ4v) is 2.39. The molecule has 0 aliphatic carbocycles. The highest BCUT2D eigenvalue weighted by atomic mass is 35.5. The second kappa shape index (κ2) is 5.35. The number of alkyl halides is 1. The first-order valence-electron chi connectivity index (χ1n) is 4.03. The predicted octanol–water partition coefficient (Wildman–Crippen LogP) is 0.960. The molecule has 66 valence electrons. The van der Waals surface area contributed by atoms with Crippen molar-refractivity contribution in [1.29, 1.82) is 0 Å². The van der Waals surface area contributed by atoms with Crippen LogP contribution in [0.1, 0.15) is 5.56 Å². The fourth-order valence-electron chi connectivity index (χ4n) is 1.01. The molecule has 1 nitrogen and oxygen atoms in total. The van der Waals surface area contributed by atoms with E-state index in [9.17, 15) is 0 Å². The quantitative estimate of drug-likeness (QED) is 0.400. The average molecular weight is 201 g/mol. The van der Waals surface area contributed by atoms with Crippen molar-refractivity contribution >= 4 is 26.6 Å². The summed E-state index contributed by atoms with van der Waals surface area (Å²) < 4.78 is 5.46. The second-order valence-corrected chi connectivity index (χ2v) is 4.50. The average Bonchev–Trinajstić information content (AvgIpc) is 2.09. The summed E-state index contributed by atoms with van der Waals surface area (Å²) in [5, 5.41) is 1.38. The van der Waals surface area contributed by atoms with Gasteiger partial charge in [0.1, 0.15) is 0 Å². The van der Waals surface area contributed by atoms with Gasteiger partial charge in [-0.2, -0.15) is 0 Å². The van der Waals surface area contributed by atoms with E-state index in [4.69, 9.17) is 16.0 Å². The molecule has 1 aromatic carbocycles. The van der Waals surface area contributed by atoms with Crippen LogP contribution in [-0.2, 0) is 4.43 Å². The first kappa shape index (κ1) is 9.77. The molecule has 0 fully saturated rings. The van der Waals surface area contributed by atoms with Crippen molar-refractivity contribution < 1.29 is 4.43 Å². The lowest BCUT2D eigenvalue weighted by atomic mass is 10.2. The SMILES string of the molecule is Cc1ccccc1[SiH2]OCCCl. The zero-order chi connectivity index (χ0) is 8.81. The van der Waals surface area contributed by atoms with Crippen LogP contribution in [0, 0.1) is 6.92 Å². The second-order valence-electron chi connectivity index (χ2n) is 2.67. The van der Waals surface area contributed by atoms with Gasteiger partial charge in [-0.1, -0.05) is 29.8 Å². The summed E-state index contributed by atoms with van der Waals surface area (Å²) in [6.07, 6.45) is 0. The van der Waals surface area contributed by atoms with Crippen LogP contribution >= 0.6 is 11.6 Å². The molecule has 0 radical (unpaired) electrons. The molecule has 0 heterocycles. The van der Waals surface area contributed by atoms with Crippen molar-refractivity contribution in [3.05, 3.63) is 29.8 Å². The Bertz CT molecular complexity index is 240. The van der Waals surface area contributed by atoms with Crippen molar-refractivity contribution in [1.82, 2.24) is 0 Å². The molecule has 0 saturated carbocycles. The fraction of sp³-hybridized carbons (Fsp3) is 0.333. The van der Waals surface area contributed by atoms with Gasteiger partial charge < -0.3 is 4.43 Å². The number of aryl methyl sites for hydroxylation is 1. The highest BCUT2D eigenvalue weighted by molar-refractivity contribution is 6.47. The maximum atomic E-state index is 5.50. The van der Waals surface area contributed by atoms with Gasteiger partial charge in [0.25, 0.3) is 0 Å². The highest BCUT2D eigenvalue weighted by Gasteiger charge is 1.96. The molecular formula is C9H13ClOSi. The minimum absolute atomic E-state index is 0.536. The van der Waals surface area contributed by atoms with E-state index in [1.807, 2.05) is 0 Å². The summed E-state index contributed by atoms with van der Waals surface area (Å²) in [5.74, 6) is 0.596. The summed E-state index contributed by atoms with van der Waals surface area (Å²) in [7, 11) is -0.536. The first-order chi connectivity index (χ1) is 5.84. The summed E-state index contributed by atoms with van der Waals surface area (Å²) in [6.45, 7) is 2.80. The lowest BCUT2D eigenvalue weighted by Crippen LogP contribution is -2.20. The number of benzene rings is 1.